The Balaban J connectivity index is 1.85. The number of carbonyl (C=O) groups is 1. The molecule has 0 atom stereocenters. The molecule has 0 aliphatic heterocycles. The first-order valence-corrected chi connectivity index (χ1v) is 9.81. The lowest BCUT2D eigenvalue weighted by Crippen LogP contribution is -2.14. The molecule has 4 aromatic rings. The molecule has 0 unspecified atom stereocenters. The maximum atomic E-state index is 14.2. The van der Waals surface area contributed by atoms with Crippen molar-refractivity contribution in [2.45, 2.75) is 13.8 Å². The summed E-state index contributed by atoms with van der Waals surface area (Å²) in [5.41, 5.74) is 4.57. The van der Waals surface area contributed by atoms with E-state index >= 15 is 0 Å². The van der Waals surface area contributed by atoms with Crippen LogP contribution in [0, 0.1) is 19.7 Å². The summed E-state index contributed by atoms with van der Waals surface area (Å²) >= 11 is 3.22. The number of halogens is 2. The number of fused-ring (bicyclic) bond motifs is 1. The Morgan fingerprint density at radius 1 is 1.14 bits per heavy atom. The first-order chi connectivity index (χ1) is 13.8. The SMILES string of the molecule is Cc1nn(C)c(C)c1-c1cc(C(=O)Nc2ccc(Br)cc2F)c2ccccc2n1. The van der Waals surface area contributed by atoms with Crippen LogP contribution in [0.3, 0.4) is 0 Å². The van der Waals surface area contributed by atoms with Crippen LogP contribution in [0.15, 0.2) is 53.0 Å². The minimum atomic E-state index is -0.509. The lowest BCUT2D eigenvalue weighted by molar-refractivity contribution is 0.102. The summed E-state index contributed by atoms with van der Waals surface area (Å²) in [6.45, 7) is 3.87. The van der Waals surface area contributed by atoms with Crippen LogP contribution in [0.1, 0.15) is 21.7 Å². The van der Waals surface area contributed by atoms with Gasteiger partial charge in [-0.05, 0) is 44.2 Å². The van der Waals surface area contributed by atoms with E-state index in [9.17, 15) is 9.18 Å². The molecule has 0 fully saturated rings. The van der Waals surface area contributed by atoms with E-state index in [1.54, 1.807) is 16.8 Å². The highest BCUT2D eigenvalue weighted by Crippen LogP contribution is 2.30. The second-order valence-electron chi connectivity index (χ2n) is 6.82. The van der Waals surface area contributed by atoms with Gasteiger partial charge in [0.1, 0.15) is 5.82 Å². The van der Waals surface area contributed by atoms with Gasteiger partial charge in [0, 0.05) is 28.2 Å². The van der Waals surface area contributed by atoms with E-state index in [2.05, 4.69) is 26.3 Å². The van der Waals surface area contributed by atoms with Crippen molar-refractivity contribution in [2.24, 2.45) is 7.05 Å². The molecule has 4 rings (SSSR count). The minimum Gasteiger partial charge on any atom is -0.319 e. The summed E-state index contributed by atoms with van der Waals surface area (Å²) in [7, 11) is 1.87. The maximum absolute atomic E-state index is 14.2. The van der Waals surface area contributed by atoms with Crippen molar-refractivity contribution in [3.8, 4) is 11.3 Å². The summed E-state index contributed by atoms with van der Waals surface area (Å²) in [5, 5.41) is 7.83. The molecule has 7 heteroatoms. The summed E-state index contributed by atoms with van der Waals surface area (Å²) in [6.07, 6.45) is 0. The molecule has 0 radical (unpaired) electrons. The predicted octanol–water partition coefficient (Wildman–Crippen LogP) is 5.41. The maximum Gasteiger partial charge on any atom is 0.256 e. The molecule has 1 N–H and O–H groups in total. The van der Waals surface area contributed by atoms with Gasteiger partial charge in [0.2, 0.25) is 0 Å². The van der Waals surface area contributed by atoms with E-state index in [1.807, 2.05) is 45.2 Å². The number of nitrogens with zero attached hydrogens (tertiary/aromatic N) is 3. The fourth-order valence-electron chi connectivity index (χ4n) is 3.42. The first-order valence-electron chi connectivity index (χ1n) is 9.02. The van der Waals surface area contributed by atoms with Crippen LogP contribution in [0.2, 0.25) is 0 Å². The van der Waals surface area contributed by atoms with E-state index in [1.165, 1.54) is 12.1 Å². The van der Waals surface area contributed by atoms with Gasteiger partial charge >= 0.3 is 0 Å². The monoisotopic (exact) mass is 452 g/mol. The van der Waals surface area contributed by atoms with E-state index in [0.29, 0.717) is 26.6 Å². The highest BCUT2D eigenvalue weighted by atomic mass is 79.9. The standard InChI is InChI=1S/C22H18BrFN4O/c1-12-21(13(2)28(3)27-12)20-11-16(15-6-4-5-7-18(15)25-20)22(29)26-19-9-8-14(23)10-17(19)24/h4-11H,1-3H3,(H,26,29). The van der Waals surface area contributed by atoms with Crippen LogP contribution in [0.25, 0.3) is 22.2 Å². The Bertz CT molecular complexity index is 1270. The molecule has 0 saturated heterocycles. The van der Waals surface area contributed by atoms with Gasteiger partial charge in [-0.2, -0.15) is 5.10 Å². The Kier molecular flexibility index (Phi) is 4.92. The molecule has 5 nitrogen and oxygen atoms in total. The first kappa shape index (κ1) is 19.3. The summed E-state index contributed by atoms with van der Waals surface area (Å²) in [6, 6.07) is 13.7. The number of hydrogen-bond donors (Lipinski definition) is 1. The number of carbonyl (C=O) groups excluding carboxylic acids is 1. The smallest absolute Gasteiger partial charge is 0.256 e. The van der Waals surface area contributed by atoms with Crippen molar-refractivity contribution in [1.29, 1.82) is 0 Å². The zero-order chi connectivity index (χ0) is 20.7. The fraction of sp³-hybridized carbons (Fsp3) is 0.136. The van der Waals surface area contributed by atoms with Gasteiger partial charge in [0.25, 0.3) is 5.91 Å². The molecular weight excluding hydrogens is 435 g/mol. The molecule has 0 aliphatic rings. The highest BCUT2D eigenvalue weighted by molar-refractivity contribution is 9.10. The molecular formula is C22H18BrFN4O. The van der Waals surface area contributed by atoms with Crippen LogP contribution in [0.5, 0.6) is 0 Å². The molecule has 2 heterocycles. The molecule has 0 bridgehead atoms. The number of aromatic nitrogens is 3. The molecule has 2 aromatic carbocycles. The number of benzene rings is 2. The number of hydrogen-bond acceptors (Lipinski definition) is 3. The second-order valence-corrected chi connectivity index (χ2v) is 7.74. The van der Waals surface area contributed by atoms with Gasteiger partial charge in [0.05, 0.1) is 28.2 Å². The largest absolute Gasteiger partial charge is 0.319 e. The van der Waals surface area contributed by atoms with Crippen molar-refractivity contribution >= 4 is 38.4 Å². The molecule has 0 aliphatic carbocycles. The Labute approximate surface area is 175 Å². The number of anilines is 1. The topological polar surface area (TPSA) is 59.8 Å². The van der Waals surface area contributed by atoms with E-state index < -0.39 is 11.7 Å². The number of para-hydroxylation sites is 1. The van der Waals surface area contributed by atoms with Crippen molar-refractivity contribution < 1.29 is 9.18 Å². The van der Waals surface area contributed by atoms with Crippen molar-refractivity contribution in [3.63, 3.8) is 0 Å². The van der Waals surface area contributed by atoms with Gasteiger partial charge in [-0.25, -0.2) is 9.37 Å². The van der Waals surface area contributed by atoms with E-state index in [-0.39, 0.29) is 5.69 Å². The third-order valence-electron chi connectivity index (χ3n) is 4.91. The summed E-state index contributed by atoms with van der Waals surface area (Å²) in [5.74, 6) is -0.907. The average Bonchev–Trinajstić information content (AvgIpc) is 2.94. The zero-order valence-corrected chi connectivity index (χ0v) is 17.7. The lowest BCUT2D eigenvalue weighted by Gasteiger charge is -2.11. The molecule has 29 heavy (non-hydrogen) atoms. The Morgan fingerprint density at radius 2 is 1.90 bits per heavy atom. The minimum absolute atomic E-state index is 0.120. The number of pyridine rings is 1. The summed E-state index contributed by atoms with van der Waals surface area (Å²) in [4.78, 5) is 17.8. The van der Waals surface area contributed by atoms with Crippen LogP contribution < -0.4 is 5.32 Å². The highest BCUT2D eigenvalue weighted by Gasteiger charge is 2.19. The quantitative estimate of drug-likeness (QED) is 0.452. The van der Waals surface area contributed by atoms with Gasteiger partial charge in [-0.3, -0.25) is 9.48 Å². The Hall–Kier alpha value is -3.06. The average molecular weight is 453 g/mol. The van der Waals surface area contributed by atoms with E-state index in [4.69, 9.17) is 4.98 Å². The molecule has 2 aromatic heterocycles. The fourth-order valence-corrected chi connectivity index (χ4v) is 3.75. The second kappa shape index (κ2) is 7.40. The van der Waals surface area contributed by atoms with Crippen LogP contribution in [-0.4, -0.2) is 20.7 Å². The predicted molar refractivity (Wildman–Crippen MR) is 115 cm³/mol. The molecule has 0 spiro atoms. The third kappa shape index (κ3) is 3.53. The van der Waals surface area contributed by atoms with E-state index in [0.717, 1.165) is 17.0 Å². The zero-order valence-electron chi connectivity index (χ0n) is 16.1. The van der Waals surface area contributed by atoms with Crippen molar-refractivity contribution in [3.05, 3.63) is 75.8 Å². The Morgan fingerprint density at radius 3 is 2.59 bits per heavy atom. The van der Waals surface area contributed by atoms with Gasteiger partial charge < -0.3 is 5.32 Å². The van der Waals surface area contributed by atoms with Crippen molar-refractivity contribution in [2.75, 3.05) is 5.32 Å². The number of aryl methyl sites for hydroxylation is 2. The third-order valence-corrected chi connectivity index (χ3v) is 5.40. The van der Waals surface area contributed by atoms with Crippen LogP contribution in [-0.2, 0) is 7.05 Å². The van der Waals surface area contributed by atoms with Crippen LogP contribution in [0.4, 0.5) is 10.1 Å². The van der Waals surface area contributed by atoms with Gasteiger partial charge in [-0.1, -0.05) is 34.1 Å². The van der Waals surface area contributed by atoms with Gasteiger partial charge in [0.15, 0.2) is 0 Å². The van der Waals surface area contributed by atoms with Crippen molar-refractivity contribution in [1.82, 2.24) is 14.8 Å². The molecule has 1 amide bonds. The van der Waals surface area contributed by atoms with Crippen LogP contribution >= 0.6 is 15.9 Å². The summed E-state index contributed by atoms with van der Waals surface area (Å²) < 4.78 is 16.6. The van der Waals surface area contributed by atoms with Gasteiger partial charge in [-0.15, -0.1) is 0 Å². The normalized spacial score (nSPS) is 11.1. The molecule has 146 valence electrons. The molecule has 0 saturated carbocycles. The number of rotatable bonds is 3. The number of nitrogens with one attached hydrogen (secondary N) is 1. The number of amides is 1. The lowest BCUT2D eigenvalue weighted by atomic mass is 10.0.